The monoisotopic (exact) mass is 534 g/mol. The number of nitrogens with one attached hydrogen (secondary N) is 2. The van der Waals surface area contributed by atoms with Gasteiger partial charge >= 0.3 is 16.3 Å². The van der Waals surface area contributed by atoms with E-state index in [1.165, 1.54) is 19.3 Å². The van der Waals surface area contributed by atoms with Crippen LogP contribution in [0.1, 0.15) is 26.7 Å². The molecule has 2 saturated heterocycles. The molecule has 16 nitrogen and oxygen atoms in total. The molecule has 3 aliphatic heterocycles. The van der Waals surface area contributed by atoms with Crippen LogP contribution in [-0.2, 0) is 39.1 Å². The molecule has 3 heterocycles. The first-order valence-electron chi connectivity index (χ1n) is 9.96. The molecule has 35 heavy (non-hydrogen) atoms. The molecule has 3 atom stereocenters. The molecule has 0 bridgehead atoms. The number of carbonyl (C=O) groups excluding carboxylic acids is 4. The minimum atomic E-state index is -5.07. The topological polar surface area (TPSA) is 238 Å². The van der Waals surface area contributed by atoms with Gasteiger partial charge in [-0.05, 0) is 13.8 Å². The first-order valence-corrected chi connectivity index (χ1v) is 12.3. The molecule has 0 aromatic heterocycles. The summed E-state index contributed by atoms with van der Waals surface area (Å²) in [5, 5.41) is 19.1. The second-order valence-corrected chi connectivity index (χ2v) is 10.4. The van der Waals surface area contributed by atoms with E-state index in [4.69, 9.17) is 10.6 Å². The fourth-order valence-corrected chi connectivity index (χ4v) is 4.79. The van der Waals surface area contributed by atoms with Crippen molar-refractivity contribution in [2.45, 2.75) is 49.9 Å². The quantitative estimate of drug-likeness (QED) is 0.0665. The SMILES string of the molecule is CC(C)(O/N=C(\C(=O)NC1C(=O)N(S(=O)(=O)O)C1CN1C(=O)CCC1=O)C1=CSC(N)N1)C(=O)O. The van der Waals surface area contributed by atoms with Crippen LogP contribution in [0.2, 0.25) is 0 Å². The molecule has 3 unspecified atom stereocenters. The number of imide groups is 1. The molecule has 2 fully saturated rings. The van der Waals surface area contributed by atoms with E-state index in [2.05, 4.69) is 15.8 Å². The third kappa shape index (κ3) is 5.39. The Morgan fingerprint density at radius 1 is 1.31 bits per heavy atom. The van der Waals surface area contributed by atoms with Gasteiger partial charge in [-0.25, -0.2) is 9.10 Å². The lowest BCUT2D eigenvalue weighted by Gasteiger charge is -2.45. The maximum absolute atomic E-state index is 13.0. The minimum Gasteiger partial charge on any atom is -0.478 e. The number of thioether (sulfide) groups is 1. The molecule has 3 rings (SSSR count). The molecule has 0 aromatic rings. The number of nitrogens with zero attached hydrogens (tertiary/aromatic N) is 3. The van der Waals surface area contributed by atoms with Crippen molar-refractivity contribution in [3.63, 3.8) is 0 Å². The zero-order valence-electron chi connectivity index (χ0n) is 18.3. The van der Waals surface area contributed by atoms with Crippen molar-refractivity contribution >= 4 is 57.4 Å². The maximum Gasteiger partial charge on any atom is 0.362 e. The van der Waals surface area contributed by atoms with Crippen LogP contribution in [0.25, 0.3) is 0 Å². The van der Waals surface area contributed by atoms with Crippen LogP contribution >= 0.6 is 11.8 Å². The number of β-lactam (4-membered cyclic amide) rings is 1. The molecule has 0 saturated carbocycles. The summed E-state index contributed by atoms with van der Waals surface area (Å²) in [4.78, 5) is 66.4. The van der Waals surface area contributed by atoms with Crippen molar-refractivity contribution in [2.24, 2.45) is 10.9 Å². The molecule has 4 amide bonds. The third-order valence-electron chi connectivity index (χ3n) is 5.21. The summed E-state index contributed by atoms with van der Waals surface area (Å²) in [6, 6.07) is -3.07. The second-order valence-electron chi connectivity index (χ2n) is 8.11. The summed E-state index contributed by atoms with van der Waals surface area (Å²) in [7, 11) is -5.07. The Bertz CT molecular complexity index is 1130. The summed E-state index contributed by atoms with van der Waals surface area (Å²) in [5.41, 5.74) is 2.72. The van der Waals surface area contributed by atoms with Gasteiger partial charge in [0.2, 0.25) is 17.4 Å². The highest BCUT2D eigenvalue weighted by Crippen LogP contribution is 2.27. The minimum absolute atomic E-state index is 0.0287. The van der Waals surface area contributed by atoms with Gasteiger partial charge in [0.15, 0.2) is 5.71 Å². The van der Waals surface area contributed by atoms with Crippen molar-refractivity contribution in [3.05, 3.63) is 11.1 Å². The number of hydrogen-bond donors (Lipinski definition) is 5. The standard InChI is InChI=1S/C17H22N6O10S2/c1-17(2,15(28)29)33-21-11(7-6-34-16(18)19-7)13(26)20-12-8(23(14(12)27)35(30,31)32)5-22-9(24)3-4-10(22)25/h6,8,12,16,19H,3-5,18H2,1-2H3,(H,20,26)(H,28,29)(H,30,31,32)/b21-11-. The van der Waals surface area contributed by atoms with Gasteiger partial charge in [-0.3, -0.25) is 28.6 Å². The van der Waals surface area contributed by atoms with E-state index in [9.17, 15) is 42.0 Å². The van der Waals surface area contributed by atoms with E-state index < -0.39 is 75.3 Å². The van der Waals surface area contributed by atoms with E-state index in [1.807, 2.05) is 0 Å². The number of carbonyl (C=O) groups is 5. The zero-order chi connectivity index (χ0) is 26.3. The zero-order valence-corrected chi connectivity index (χ0v) is 20.0. The number of carboxylic acid groups (broad SMARTS) is 1. The third-order valence-corrected chi connectivity index (χ3v) is 6.94. The van der Waals surface area contributed by atoms with Crippen LogP contribution in [0.3, 0.4) is 0 Å². The van der Waals surface area contributed by atoms with Crippen molar-refractivity contribution in [3.8, 4) is 0 Å². The highest BCUT2D eigenvalue weighted by molar-refractivity contribution is 8.02. The largest absolute Gasteiger partial charge is 0.478 e. The maximum atomic E-state index is 13.0. The average molecular weight is 535 g/mol. The molecule has 3 aliphatic rings. The Labute approximate surface area is 202 Å². The number of hydrogen-bond acceptors (Lipinski definition) is 12. The molecular weight excluding hydrogens is 512 g/mol. The number of oxime groups is 1. The first-order chi connectivity index (χ1) is 16.1. The van der Waals surface area contributed by atoms with Gasteiger partial charge < -0.3 is 26.3 Å². The summed E-state index contributed by atoms with van der Waals surface area (Å²) >= 11 is 1.06. The van der Waals surface area contributed by atoms with E-state index in [0.29, 0.717) is 0 Å². The summed E-state index contributed by atoms with van der Waals surface area (Å²) in [5.74, 6) is -4.91. The van der Waals surface area contributed by atoms with E-state index in [-0.39, 0.29) is 22.8 Å². The van der Waals surface area contributed by atoms with Gasteiger partial charge in [0.25, 0.3) is 11.8 Å². The van der Waals surface area contributed by atoms with E-state index in [0.717, 1.165) is 16.7 Å². The molecule has 0 aliphatic carbocycles. The number of aliphatic carboxylic acids is 1. The van der Waals surface area contributed by atoms with E-state index >= 15 is 0 Å². The first kappa shape index (κ1) is 26.4. The summed E-state index contributed by atoms with van der Waals surface area (Å²) in [6.45, 7) is 1.75. The Hall–Kier alpha value is -3.22. The fraction of sp³-hybridized carbons (Fsp3) is 0.529. The van der Waals surface area contributed by atoms with Crippen molar-refractivity contribution in [1.82, 2.24) is 19.8 Å². The molecule has 0 spiro atoms. The fourth-order valence-electron chi connectivity index (χ4n) is 3.26. The Balaban J connectivity index is 1.86. The average Bonchev–Trinajstić information content (AvgIpc) is 3.30. The molecule has 0 aromatic carbocycles. The van der Waals surface area contributed by atoms with Gasteiger partial charge in [0.05, 0.1) is 18.3 Å². The Morgan fingerprint density at radius 3 is 2.40 bits per heavy atom. The molecule has 0 radical (unpaired) electrons. The van der Waals surface area contributed by atoms with Crippen molar-refractivity contribution in [2.75, 3.05) is 6.54 Å². The number of rotatable bonds is 9. The number of carboxylic acids is 1. The summed E-state index contributed by atoms with van der Waals surface area (Å²) in [6.07, 6.45) is -0.207. The van der Waals surface area contributed by atoms with Crippen LogP contribution in [0.15, 0.2) is 16.3 Å². The van der Waals surface area contributed by atoms with Crippen LogP contribution in [-0.4, -0.2) is 92.3 Å². The molecule has 192 valence electrons. The van der Waals surface area contributed by atoms with Gasteiger partial charge in [0.1, 0.15) is 11.5 Å². The van der Waals surface area contributed by atoms with Crippen LogP contribution in [0, 0.1) is 0 Å². The van der Waals surface area contributed by atoms with Gasteiger partial charge in [-0.15, -0.1) is 0 Å². The normalized spacial score (nSPS) is 25.3. The van der Waals surface area contributed by atoms with Gasteiger partial charge in [0, 0.05) is 18.2 Å². The van der Waals surface area contributed by atoms with Gasteiger partial charge in [-0.2, -0.15) is 8.42 Å². The van der Waals surface area contributed by atoms with Crippen molar-refractivity contribution in [1.29, 1.82) is 0 Å². The molecule has 18 heteroatoms. The Kier molecular flexibility index (Phi) is 7.12. The highest BCUT2D eigenvalue weighted by atomic mass is 32.2. The molecular formula is C17H22N6O10S2. The highest BCUT2D eigenvalue weighted by Gasteiger charge is 2.56. The van der Waals surface area contributed by atoms with Crippen LogP contribution < -0.4 is 16.4 Å². The number of amides is 4. The van der Waals surface area contributed by atoms with Gasteiger partial charge in [-0.1, -0.05) is 16.9 Å². The van der Waals surface area contributed by atoms with Crippen LogP contribution in [0.5, 0.6) is 0 Å². The van der Waals surface area contributed by atoms with Crippen molar-refractivity contribution < 1.29 is 46.9 Å². The number of nitrogens with two attached hydrogens (primary N) is 1. The Morgan fingerprint density at radius 2 is 1.91 bits per heavy atom. The lowest BCUT2D eigenvalue weighted by Crippen LogP contribution is -2.74. The lowest BCUT2D eigenvalue weighted by molar-refractivity contribution is -0.161. The number of likely N-dealkylation sites (tertiary alicyclic amines) is 1. The second kappa shape index (κ2) is 9.44. The smallest absolute Gasteiger partial charge is 0.362 e. The van der Waals surface area contributed by atoms with Crippen LogP contribution in [0.4, 0.5) is 0 Å². The van der Waals surface area contributed by atoms with E-state index in [1.54, 1.807) is 0 Å². The lowest BCUT2D eigenvalue weighted by atomic mass is 9.97. The summed E-state index contributed by atoms with van der Waals surface area (Å²) < 4.78 is 32.8. The molecule has 6 N–H and O–H groups in total. The predicted molar refractivity (Wildman–Crippen MR) is 117 cm³/mol. The predicted octanol–water partition coefficient (Wildman–Crippen LogP) is -2.71.